The van der Waals surface area contributed by atoms with E-state index in [9.17, 15) is 4.79 Å². The van der Waals surface area contributed by atoms with Gasteiger partial charge in [0.1, 0.15) is 0 Å². The van der Waals surface area contributed by atoms with Gasteiger partial charge in [-0.25, -0.2) is 0 Å². The van der Waals surface area contributed by atoms with Crippen molar-refractivity contribution in [2.24, 2.45) is 5.92 Å². The number of methoxy groups -OCH3 is 1. The number of aromatic nitrogens is 2. The summed E-state index contributed by atoms with van der Waals surface area (Å²) in [4.78, 5) is 12.4. The third-order valence-electron chi connectivity index (χ3n) is 4.38. The summed E-state index contributed by atoms with van der Waals surface area (Å²) in [6, 6.07) is 5.72. The molecule has 0 fully saturated rings. The maximum atomic E-state index is 12.4. The van der Waals surface area contributed by atoms with Crippen molar-refractivity contribution < 1.29 is 14.3 Å². The zero-order valence-corrected chi connectivity index (χ0v) is 14.1. The standard InChI is InChI=1S/C18H23N3O3/c1-3-24-17-8-12(4-7-16(17)23-2)10-19-18(22)13-5-6-15-14(9-13)11-20-21-15/h4,7-8,11,13H,3,5-6,9-10H2,1-2H3,(H,19,22)(H,20,21). The Kier molecular flexibility index (Phi) is 5.03. The maximum absolute atomic E-state index is 12.4. The third-order valence-corrected chi connectivity index (χ3v) is 4.38. The summed E-state index contributed by atoms with van der Waals surface area (Å²) in [5.41, 5.74) is 3.31. The van der Waals surface area contributed by atoms with Crippen LogP contribution in [0.3, 0.4) is 0 Å². The van der Waals surface area contributed by atoms with Crippen LogP contribution in [0.2, 0.25) is 0 Å². The van der Waals surface area contributed by atoms with Crippen LogP contribution in [0.4, 0.5) is 0 Å². The van der Waals surface area contributed by atoms with Crippen LogP contribution in [0.15, 0.2) is 24.4 Å². The van der Waals surface area contributed by atoms with Crippen molar-refractivity contribution in [2.75, 3.05) is 13.7 Å². The number of aromatic amines is 1. The molecule has 1 atom stereocenters. The monoisotopic (exact) mass is 329 g/mol. The highest BCUT2D eigenvalue weighted by molar-refractivity contribution is 5.79. The SMILES string of the molecule is CCOc1cc(CNC(=O)C2CCc3[nH]ncc3C2)ccc1OC. The third kappa shape index (κ3) is 3.53. The first kappa shape index (κ1) is 16.4. The first-order chi connectivity index (χ1) is 11.7. The number of fused-ring (bicyclic) bond motifs is 1. The average molecular weight is 329 g/mol. The molecule has 2 aromatic rings. The van der Waals surface area contributed by atoms with E-state index < -0.39 is 0 Å². The predicted octanol–water partition coefficient (Wildman–Crippen LogP) is 2.24. The summed E-state index contributed by atoms with van der Waals surface area (Å²) in [6.45, 7) is 2.99. The van der Waals surface area contributed by atoms with E-state index in [1.807, 2.05) is 31.3 Å². The van der Waals surface area contributed by atoms with Gasteiger partial charge >= 0.3 is 0 Å². The van der Waals surface area contributed by atoms with Crippen LogP contribution in [0.5, 0.6) is 11.5 Å². The van der Waals surface area contributed by atoms with Crippen molar-refractivity contribution >= 4 is 5.91 Å². The summed E-state index contributed by atoms with van der Waals surface area (Å²) in [5.74, 6) is 1.51. The number of nitrogens with zero attached hydrogens (tertiary/aromatic N) is 1. The number of nitrogens with one attached hydrogen (secondary N) is 2. The van der Waals surface area contributed by atoms with Gasteiger partial charge < -0.3 is 14.8 Å². The van der Waals surface area contributed by atoms with E-state index in [1.165, 1.54) is 0 Å². The number of amides is 1. The molecule has 0 saturated carbocycles. The number of ether oxygens (including phenoxy) is 2. The first-order valence-corrected chi connectivity index (χ1v) is 8.29. The summed E-state index contributed by atoms with van der Waals surface area (Å²) in [7, 11) is 1.62. The van der Waals surface area contributed by atoms with Crippen LogP contribution in [-0.2, 0) is 24.2 Å². The van der Waals surface area contributed by atoms with Crippen LogP contribution in [0.25, 0.3) is 0 Å². The van der Waals surface area contributed by atoms with Gasteiger partial charge in [0.15, 0.2) is 11.5 Å². The lowest BCUT2D eigenvalue weighted by atomic mass is 9.87. The van der Waals surface area contributed by atoms with E-state index in [0.717, 1.165) is 36.1 Å². The van der Waals surface area contributed by atoms with Gasteiger partial charge in [-0.05, 0) is 49.4 Å². The Labute approximate surface area is 141 Å². The van der Waals surface area contributed by atoms with Gasteiger partial charge in [0.25, 0.3) is 0 Å². The Balaban J connectivity index is 1.59. The zero-order valence-electron chi connectivity index (χ0n) is 14.1. The lowest BCUT2D eigenvalue weighted by Crippen LogP contribution is -2.33. The van der Waals surface area contributed by atoms with Crippen LogP contribution in [0, 0.1) is 5.92 Å². The molecule has 1 aliphatic carbocycles. The number of carbonyl (C=O) groups is 1. The van der Waals surface area contributed by atoms with Crippen molar-refractivity contribution in [1.29, 1.82) is 0 Å². The Morgan fingerprint density at radius 1 is 1.42 bits per heavy atom. The van der Waals surface area contributed by atoms with Gasteiger partial charge in [0.2, 0.25) is 5.91 Å². The Morgan fingerprint density at radius 2 is 2.29 bits per heavy atom. The van der Waals surface area contributed by atoms with E-state index in [2.05, 4.69) is 15.5 Å². The minimum Gasteiger partial charge on any atom is -0.493 e. The van der Waals surface area contributed by atoms with Crippen molar-refractivity contribution in [3.05, 3.63) is 41.2 Å². The fourth-order valence-corrected chi connectivity index (χ4v) is 3.07. The molecule has 0 radical (unpaired) electrons. The molecule has 128 valence electrons. The molecule has 1 amide bonds. The fraction of sp³-hybridized carbons (Fsp3) is 0.444. The molecule has 6 nitrogen and oxygen atoms in total. The van der Waals surface area contributed by atoms with E-state index in [0.29, 0.717) is 24.7 Å². The van der Waals surface area contributed by atoms with Crippen molar-refractivity contribution in [3.8, 4) is 11.5 Å². The number of hydrogen-bond acceptors (Lipinski definition) is 4. The molecule has 3 rings (SSSR count). The van der Waals surface area contributed by atoms with Gasteiger partial charge in [0, 0.05) is 18.2 Å². The number of rotatable bonds is 6. The number of H-pyrrole nitrogens is 1. The molecule has 2 N–H and O–H groups in total. The lowest BCUT2D eigenvalue weighted by Gasteiger charge is -2.21. The molecule has 0 saturated heterocycles. The van der Waals surface area contributed by atoms with Crippen molar-refractivity contribution in [3.63, 3.8) is 0 Å². The van der Waals surface area contributed by atoms with Crippen LogP contribution in [0.1, 0.15) is 30.2 Å². The van der Waals surface area contributed by atoms with Crippen molar-refractivity contribution in [1.82, 2.24) is 15.5 Å². The molecule has 1 unspecified atom stereocenters. The van der Waals surface area contributed by atoms with Gasteiger partial charge in [-0.15, -0.1) is 0 Å². The predicted molar refractivity (Wildman–Crippen MR) is 90.1 cm³/mol. The second-order valence-corrected chi connectivity index (χ2v) is 5.95. The minimum atomic E-state index is 0.0136. The highest BCUT2D eigenvalue weighted by atomic mass is 16.5. The topological polar surface area (TPSA) is 76.2 Å². The molecule has 1 aromatic carbocycles. The van der Waals surface area contributed by atoms with Gasteiger partial charge in [-0.1, -0.05) is 6.07 Å². The first-order valence-electron chi connectivity index (χ1n) is 8.29. The maximum Gasteiger partial charge on any atom is 0.223 e. The normalized spacial score (nSPS) is 16.3. The van der Waals surface area contributed by atoms with Gasteiger partial charge in [-0.3, -0.25) is 9.89 Å². The molecule has 1 aromatic heterocycles. The molecule has 0 spiro atoms. The van der Waals surface area contributed by atoms with Crippen molar-refractivity contribution in [2.45, 2.75) is 32.7 Å². The van der Waals surface area contributed by atoms with Crippen LogP contribution in [-0.4, -0.2) is 29.8 Å². The molecule has 1 heterocycles. The van der Waals surface area contributed by atoms with Gasteiger partial charge in [-0.2, -0.15) is 5.10 Å². The minimum absolute atomic E-state index is 0.0136. The molecule has 1 aliphatic rings. The van der Waals surface area contributed by atoms with E-state index in [-0.39, 0.29) is 11.8 Å². The van der Waals surface area contributed by atoms with Gasteiger partial charge in [0.05, 0.1) is 19.9 Å². The summed E-state index contributed by atoms with van der Waals surface area (Å²) in [6.07, 6.45) is 4.31. The number of carbonyl (C=O) groups excluding carboxylic acids is 1. The van der Waals surface area contributed by atoms with Crippen LogP contribution < -0.4 is 14.8 Å². The molecule has 24 heavy (non-hydrogen) atoms. The molecule has 6 heteroatoms. The highest BCUT2D eigenvalue weighted by Gasteiger charge is 2.25. The van der Waals surface area contributed by atoms with E-state index in [4.69, 9.17) is 9.47 Å². The molecule has 0 aliphatic heterocycles. The number of aryl methyl sites for hydroxylation is 1. The van der Waals surface area contributed by atoms with Crippen LogP contribution >= 0.6 is 0 Å². The summed E-state index contributed by atoms with van der Waals surface area (Å²) in [5, 5.41) is 10.1. The summed E-state index contributed by atoms with van der Waals surface area (Å²) >= 11 is 0. The molecular weight excluding hydrogens is 306 g/mol. The second kappa shape index (κ2) is 7.38. The Hall–Kier alpha value is -2.50. The second-order valence-electron chi connectivity index (χ2n) is 5.95. The fourth-order valence-electron chi connectivity index (χ4n) is 3.07. The summed E-state index contributed by atoms with van der Waals surface area (Å²) < 4.78 is 10.9. The average Bonchev–Trinajstić information content (AvgIpc) is 3.08. The van der Waals surface area contributed by atoms with E-state index in [1.54, 1.807) is 7.11 Å². The Morgan fingerprint density at radius 3 is 3.08 bits per heavy atom. The largest absolute Gasteiger partial charge is 0.493 e. The highest BCUT2D eigenvalue weighted by Crippen LogP contribution is 2.28. The lowest BCUT2D eigenvalue weighted by molar-refractivity contribution is -0.125. The number of hydrogen-bond donors (Lipinski definition) is 2. The Bertz CT molecular complexity index is 711. The smallest absolute Gasteiger partial charge is 0.223 e. The molecular formula is C18H23N3O3. The molecule has 0 bridgehead atoms. The zero-order chi connectivity index (χ0) is 16.9. The quantitative estimate of drug-likeness (QED) is 0.852. The number of benzene rings is 1. The van der Waals surface area contributed by atoms with E-state index >= 15 is 0 Å².